The Morgan fingerprint density at radius 3 is 2.74 bits per heavy atom. The standard InChI is InChI=1S/C14H13N5/c1-2-19-11(8-10-6-4-3-5-7-10)18-12-13(15)16-9-17-14(12)19/h2-7,9H,1,8H2,(H2,15,16,17). The van der Waals surface area contributed by atoms with Crippen molar-refractivity contribution in [1.29, 1.82) is 0 Å². The second-order valence-corrected chi connectivity index (χ2v) is 4.17. The fourth-order valence-electron chi connectivity index (χ4n) is 2.07. The van der Waals surface area contributed by atoms with Crippen LogP contribution in [0.5, 0.6) is 0 Å². The van der Waals surface area contributed by atoms with Gasteiger partial charge in [0, 0.05) is 12.6 Å². The first-order valence-electron chi connectivity index (χ1n) is 5.93. The van der Waals surface area contributed by atoms with Crippen molar-refractivity contribution in [2.45, 2.75) is 6.42 Å². The predicted octanol–water partition coefficient (Wildman–Crippen LogP) is 2.10. The van der Waals surface area contributed by atoms with Gasteiger partial charge in [0.15, 0.2) is 17.0 Å². The molecule has 2 heterocycles. The fraction of sp³-hybridized carbons (Fsp3) is 0.0714. The number of fused-ring (bicyclic) bond motifs is 1. The number of nitrogens with zero attached hydrogens (tertiary/aromatic N) is 4. The molecule has 0 atom stereocenters. The minimum absolute atomic E-state index is 0.389. The fourth-order valence-corrected chi connectivity index (χ4v) is 2.07. The molecule has 0 aliphatic carbocycles. The van der Waals surface area contributed by atoms with E-state index in [9.17, 15) is 0 Å². The van der Waals surface area contributed by atoms with Crippen molar-refractivity contribution in [2.75, 3.05) is 5.73 Å². The van der Waals surface area contributed by atoms with Gasteiger partial charge in [-0.2, -0.15) is 0 Å². The molecule has 0 bridgehead atoms. The van der Waals surface area contributed by atoms with Crippen molar-refractivity contribution in [3.05, 3.63) is 54.6 Å². The highest BCUT2D eigenvalue weighted by molar-refractivity contribution is 5.83. The average Bonchev–Trinajstić information content (AvgIpc) is 2.79. The SMILES string of the molecule is C=Cn1c(Cc2ccccc2)nc2c(N)ncnc21. The molecule has 2 aromatic heterocycles. The maximum absolute atomic E-state index is 5.83. The van der Waals surface area contributed by atoms with E-state index in [1.807, 2.05) is 22.8 Å². The van der Waals surface area contributed by atoms with E-state index < -0.39 is 0 Å². The second-order valence-electron chi connectivity index (χ2n) is 4.17. The zero-order valence-corrected chi connectivity index (χ0v) is 10.3. The third kappa shape index (κ3) is 1.95. The summed E-state index contributed by atoms with van der Waals surface area (Å²) in [5.74, 6) is 1.24. The molecule has 0 aliphatic heterocycles. The number of benzene rings is 1. The van der Waals surface area contributed by atoms with Gasteiger partial charge in [0.1, 0.15) is 12.2 Å². The molecule has 0 spiro atoms. The molecule has 0 amide bonds. The Morgan fingerprint density at radius 1 is 1.21 bits per heavy atom. The van der Waals surface area contributed by atoms with Crippen LogP contribution in [0.15, 0.2) is 43.2 Å². The number of anilines is 1. The monoisotopic (exact) mass is 251 g/mol. The van der Waals surface area contributed by atoms with Crippen molar-refractivity contribution in [3.8, 4) is 0 Å². The molecule has 0 saturated carbocycles. The lowest BCUT2D eigenvalue weighted by Gasteiger charge is -2.02. The van der Waals surface area contributed by atoms with Crippen molar-refractivity contribution in [3.63, 3.8) is 0 Å². The van der Waals surface area contributed by atoms with Gasteiger partial charge < -0.3 is 5.73 Å². The van der Waals surface area contributed by atoms with Crippen LogP contribution >= 0.6 is 0 Å². The normalized spacial score (nSPS) is 10.7. The van der Waals surface area contributed by atoms with E-state index in [0.717, 1.165) is 5.82 Å². The molecule has 0 radical (unpaired) electrons. The minimum Gasteiger partial charge on any atom is -0.382 e. The molecule has 0 aliphatic rings. The van der Waals surface area contributed by atoms with Crippen LogP contribution < -0.4 is 5.73 Å². The molecule has 0 fully saturated rings. The number of hydrogen-bond donors (Lipinski definition) is 1. The lowest BCUT2D eigenvalue weighted by atomic mass is 10.1. The third-order valence-electron chi connectivity index (χ3n) is 2.97. The molecular weight excluding hydrogens is 238 g/mol. The van der Waals surface area contributed by atoms with Crippen LogP contribution in [0.2, 0.25) is 0 Å². The average molecular weight is 251 g/mol. The van der Waals surface area contributed by atoms with Crippen molar-refractivity contribution in [1.82, 2.24) is 19.5 Å². The molecule has 19 heavy (non-hydrogen) atoms. The summed E-state index contributed by atoms with van der Waals surface area (Å²) in [5, 5.41) is 0. The molecule has 0 unspecified atom stereocenters. The third-order valence-corrected chi connectivity index (χ3v) is 2.97. The zero-order valence-electron chi connectivity index (χ0n) is 10.3. The van der Waals surface area contributed by atoms with Crippen LogP contribution in [0.3, 0.4) is 0 Å². The molecule has 94 valence electrons. The van der Waals surface area contributed by atoms with Gasteiger partial charge >= 0.3 is 0 Å². The highest BCUT2D eigenvalue weighted by atomic mass is 15.1. The Morgan fingerprint density at radius 2 is 2.00 bits per heavy atom. The summed E-state index contributed by atoms with van der Waals surface area (Å²) < 4.78 is 1.85. The molecule has 3 aromatic rings. The Labute approximate surface area is 110 Å². The van der Waals surface area contributed by atoms with E-state index >= 15 is 0 Å². The molecule has 2 N–H and O–H groups in total. The van der Waals surface area contributed by atoms with E-state index in [1.54, 1.807) is 6.20 Å². The lowest BCUT2D eigenvalue weighted by molar-refractivity contribution is 0.961. The lowest BCUT2D eigenvalue weighted by Crippen LogP contribution is -1.98. The molecule has 0 saturated heterocycles. The Kier molecular flexibility index (Phi) is 2.72. The van der Waals surface area contributed by atoms with Crippen LogP contribution in [-0.4, -0.2) is 19.5 Å². The molecule has 3 rings (SSSR count). The Hall–Kier alpha value is -2.69. The van der Waals surface area contributed by atoms with E-state index in [4.69, 9.17) is 5.73 Å². The van der Waals surface area contributed by atoms with Crippen molar-refractivity contribution in [2.24, 2.45) is 0 Å². The van der Waals surface area contributed by atoms with E-state index in [-0.39, 0.29) is 0 Å². The van der Waals surface area contributed by atoms with Gasteiger partial charge in [0.25, 0.3) is 0 Å². The van der Waals surface area contributed by atoms with Gasteiger partial charge in [-0.15, -0.1) is 0 Å². The second kappa shape index (κ2) is 4.53. The number of hydrogen-bond acceptors (Lipinski definition) is 4. The maximum atomic E-state index is 5.83. The topological polar surface area (TPSA) is 69.6 Å². The summed E-state index contributed by atoms with van der Waals surface area (Å²) in [6.45, 7) is 3.81. The molecule has 5 heteroatoms. The number of aromatic nitrogens is 4. The van der Waals surface area contributed by atoms with E-state index in [1.165, 1.54) is 11.9 Å². The predicted molar refractivity (Wildman–Crippen MR) is 75.4 cm³/mol. The summed E-state index contributed by atoms with van der Waals surface area (Å²) >= 11 is 0. The van der Waals surface area contributed by atoms with Crippen LogP contribution in [0.25, 0.3) is 17.4 Å². The smallest absolute Gasteiger partial charge is 0.169 e. The van der Waals surface area contributed by atoms with Gasteiger partial charge in [-0.25, -0.2) is 15.0 Å². The number of nitrogen functional groups attached to an aromatic ring is 1. The number of rotatable bonds is 3. The van der Waals surface area contributed by atoms with Crippen LogP contribution in [0.1, 0.15) is 11.4 Å². The van der Waals surface area contributed by atoms with E-state index in [0.29, 0.717) is 23.4 Å². The summed E-state index contributed by atoms with van der Waals surface area (Å²) in [5.41, 5.74) is 8.31. The van der Waals surface area contributed by atoms with Crippen molar-refractivity contribution >= 4 is 23.2 Å². The number of imidazole rings is 1. The van der Waals surface area contributed by atoms with Gasteiger partial charge in [-0.05, 0) is 5.56 Å². The first kappa shape index (κ1) is 11.4. The van der Waals surface area contributed by atoms with Gasteiger partial charge in [-0.1, -0.05) is 36.9 Å². The number of nitrogens with two attached hydrogens (primary N) is 1. The highest BCUT2D eigenvalue weighted by Crippen LogP contribution is 2.19. The van der Waals surface area contributed by atoms with Gasteiger partial charge in [-0.3, -0.25) is 4.57 Å². The summed E-state index contributed by atoms with van der Waals surface area (Å²) in [6, 6.07) is 10.1. The highest BCUT2D eigenvalue weighted by Gasteiger charge is 2.12. The molecule has 5 nitrogen and oxygen atoms in total. The minimum atomic E-state index is 0.389. The first-order valence-corrected chi connectivity index (χ1v) is 5.93. The zero-order chi connectivity index (χ0) is 13.2. The Balaban J connectivity index is 2.13. The molecular formula is C14H13N5. The van der Waals surface area contributed by atoms with Gasteiger partial charge in [0.05, 0.1) is 0 Å². The quantitative estimate of drug-likeness (QED) is 0.774. The van der Waals surface area contributed by atoms with Crippen LogP contribution in [0.4, 0.5) is 5.82 Å². The largest absolute Gasteiger partial charge is 0.382 e. The van der Waals surface area contributed by atoms with Crippen LogP contribution in [0, 0.1) is 0 Å². The van der Waals surface area contributed by atoms with Crippen LogP contribution in [-0.2, 0) is 6.42 Å². The Bertz CT molecular complexity index is 730. The van der Waals surface area contributed by atoms with E-state index in [2.05, 4.69) is 33.7 Å². The first-order chi connectivity index (χ1) is 9.29. The molecule has 1 aromatic carbocycles. The maximum Gasteiger partial charge on any atom is 0.169 e. The van der Waals surface area contributed by atoms with Crippen molar-refractivity contribution < 1.29 is 0 Å². The summed E-state index contributed by atoms with van der Waals surface area (Å²) in [4.78, 5) is 12.7. The summed E-state index contributed by atoms with van der Waals surface area (Å²) in [7, 11) is 0. The van der Waals surface area contributed by atoms with Gasteiger partial charge in [0.2, 0.25) is 0 Å². The summed E-state index contributed by atoms with van der Waals surface area (Å²) in [6.07, 6.45) is 3.83.